The van der Waals surface area contributed by atoms with Crippen molar-refractivity contribution in [2.45, 2.75) is 42.8 Å². The Bertz CT molecular complexity index is 882. The second-order valence-electron chi connectivity index (χ2n) is 7.09. The molecule has 1 aliphatic carbocycles. The largest absolute Gasteiger partial charge is 0.442 e. The summed E-state index contributed by atoms with van der Waals surface area (Å²) in [6, 6.07) is 2.58. The van der Waals surface area contributed by atoms with Gasteiger partial charge in [0.2, 0.25) is 5.67 Å². The van der Waals surface area contributed by atoms with Gasteiger partial charge in [0.05, 0.1) is 11.5 Å². The summed E-state index contributed by atoms with van der Waals surface area (Å²) in [5.41, 5.74) is -8.62. The van der Waals surface area contributed by atoms with Crippen LogP contribution in [0.5, 0.6) is 0 Å². The maximum atomic E-state index is 15.3. The first-order chi connectivity index (χ1) is 13.8. The highest BCUT2D eigenvalue weighted by atomic mass is 32.2. The highest BCUT2D eigenvalue weighted by molar-refractivity contribution is 8.01. The van der Waals surface area contributed by atoms with Crippen LogP contribution in [-0.2, 0) is 5.67 Å². The van der Waals surface area contributed by atoms with E-state index >= 15 is 4.39 Å². The first kappa shape index (κ1) is 24.3. The topological polar surface area (TPSA) is 33.1 Å². The van der Waals surface area contributed by atoms with Crippen molar-refractivity contribution in [3.8, 4) is 0 Å². The van der Waals surface area contributed by atoms with Crippen molar-refractivity contribution in [3.63, 3.8) is 0 Å². The molecule has 1 heterocycles. The van der Waals surface area contributed by atoms with Gasteiger partial charge in [-0.2, -0.15) is 13.2 Å². The van der Waals surface area contributed by atoms with E-state index < -0.39 is 40.2 Å². The fraction of sp³-hybridized carbons (Fsp3) is 0.381. The Labute approximate surface area is 175 Å². The van der Waals surface area contributed by atoms with Crippen molar-refractivity contribution in [2.75, 3.05) is 6.67 Å². The van der Waals surface area contributed by atoms with Gasteiger partial charge < -0.3 is 5.11 Å². The number of nitrogens with zero attached hydrogens (tertiary/aromatic N) is 1. The predicted molar refractivity (Wildman–Crippen MR) is 107 cm³/mol. The van der Waals surface area contributed by atoms with Crippen LogP contribution in [0, 0.1) is 0 Å². The van der Waals surface area contributed by atoms with Crippen molar-refractivity contribution in [1.29, 1.82) is 0 Å². The Kier molecular flexibility index (Phi) is 7.29. The summed E-state index contributed by atoms with van der Waals surface area (Å²) in [5.74, 6) is -0.880. The second-order valence-corrected chi connectivity index (χ2v) is 8.33. The van der Waals surface area contributed by atoms with E-state index in [1.54, 1.807) is 13.0 Å². The van der Waals surface area contributed by atoms with E-state index in [-0.39, 0.29) is 11.8 Å². The monoisotopic (exact) mass is 449 g/mol. The van der Waals surface area contributed by atoms with Crippen LogP contribution < -0.4 is 0 Å². The van der Waals surface area contributed by atoms with E-state index in [0.29, 0.717) is 22.8 Å². The van der Waals surface area contributed by atoms with Crippen LogP contribution in [0.1, 0.15) is 32.0 Å². The summed E-state index contributed by atoms with van der Waals surface area (Å²) >= 11 is -0.164. The minimum Gasteiger partial charge on any atom is -0.382 e. The number of aromatic nitrogens is 1. The molecule has 0 aromatic carbocycles. The number of allylic oxidation sites excluding steroid dienone is 5. The zero-order valence-electron chi connectivity index (χ0n) is 16.5. The third-order valence-electron chi connectivity index (χ3n) is 4.63. The first-order valence-corrected chi connectivity index (χ1v) is 9.78. The summed E-state index contributed by atoms with van der Waals surface area (Å²) < 4.78 is 79.9. The van der Waals surface area contributed by atoms with Gasteiger partial charge in [0.15, 0.2) is 0 Å². The number of hydrogen-bond acceptors (Lipinski definition) is 3. The Hall–Kier alpha value is -2.00. The van der Waals surface area contributed by atoms with Crippen LogP contribution in [0.3, 0.4) is 0 Å². The van der Waals surface area contributed by atoms with Crippen LogP contribution in [0.4, 0.5) is 26.3 Å². The fourth-order valence-corrected chi connectivity index (χ4v) is 3.65. The molecule has 1 aliphatic rings. The van der Waals surface area contributed by atoms with Gasteiger partial charge in [0, 0.05) is 17.0 Å². The molecule has 9 heteroatoms. The molecule has 3 atom stereocenters. The number of thioether (sulfide) groups is 1. The summed E-state index contributed by atoms with van der Waals surface area (Å²) in [6.45, 7) is 1.99. The Morgan fingerprint density at radius 3 is 2.33 bits per heavy atom. The van der Waals surface area contributed by atoms with Crippen LogP contribution in [0.15, 0.2) is 60.1 Å². The van der Waals surface area contributed by atoms with Gasteiger partial charge in [-0.15, -0.1) is 0 Å². The summed E-state index contributed by atoms with van der Waals surface area (Å²) in [7, 11) is 0. The van der Waals surface area contributed by atoms with Crippen molar-refractivity contribution in [2.24, 2.45) is 0 Å². The molecule has 0 aliphatic heterocycles. The molecule has 0 spiro atoms. The first-order valence-electron chi connectivity index (χ1n) is 8.90. The molecule has 0 saturated heterocycles. The molecular weight excluding hydrogens is 428 g/mol. The van der Waals surface area contributed by atoms with E-state index in [1.165, 1.54) is 30.5 Å². The van der Waals surface area contributed by atoms with Gasteiger partial charge in [0.1, 0.15) is 12.3 Å². The molecule has 3 unspecified atom stereocenters. The minimum absolute atomic E-state index is 0.164. The van der Waals surface area contributed by atoms with Crippen LogP contribution >= 0.6 is 11.8 Å². The number of rotatable bonds is 6. The molecular formula is C21H21F6NOS. The lowest BCUT2D eigenvalue weighted by Crippen LogP contribution is -2.47. The molecule has 0 saturated carbocycles. The lowest BCUT2D eigenvalue weighted by atomic mass is 9.83. The lowest BCUT2D eigenvalue weighted by molar-refractivity contribution is -0.0775. The number of alkyl halides is 5. The molecule has 2 rings (SSSR count). The van der Waals surface area contributed by atoms with Gasteiger partial charge in [-0.25, -0.2) is 13.2 Å². The van der Waals surface area contributed by atoms with Crippen molar-refractivity contribution >= 4 is 17.3 Å². The predicted octanol–water partition coefficient (Wildman–Crippen LogP) is 6.36. The van der Waals surface area contributed by atoms with Gasteiger partial charge in [-0.1, -0.05) is 30.4 Å². The maximum Gasteiger partial charge on any atom is 0.442 e. The van der Waals surface area contributed by atoms with Crippen LogP contribution in [-0.4, -0.2) is 33.1 Å². The lowest BCUT2D eigenvalue weighted by Gasteiger charge is -2.34. The highest BCUT2D eigenvalue weighted by Gasteiger charge is 2.50. The molecule has 1 aromatic heterocycles. The van der Waals surface area contributed by atoms with Crippen molar-refractivity contribution in [3.05, 3.63) is 71.4 Å². The van der Waals surface area contributed by atoms with E-state index in [0.717, 1.165) is 19.9 Å². The molecule has 0 fully saturated rings. The zero-order valence-corrected chi connectivity index (χ0v) is 17.3. The second kappa shape index (κ2) is 9.01. The Balaban J connectivity index is 2.36. The molecule has 30 heavy (non-hydrogen) atoms. The maximum absolute atomic E-state index is 15.3. The summed E-state index contributed by atoms with van der Waals surface area (Å²) in [4.78, 5) is 3.91. The van der Waals surface area contributed by atoms with Crippen molar-refractivity contribution in [1.82, 2.24) is 4.98 Å². The summed E-state index contributed by atoms with van der Waals surface area (Å²) in [6.07, 6.45) is 7.67. The fourth-order valence-electron chi connectivity index (χ4n) is 3.02. The number of halogens is 6. The van der Waals surface area contributed by atoms with Gasteiger partial charge in [-0.05, 0) is 55.8 Å². The molecule has 0 radical (unpaired) electrons. The third-order valence-corrected chi connectivity index (χ3v) is 5.48. The van der Waals surface area contributed by atoms with E-state index in [4.69, 9.17) is 0 Å². The van der Waals surface area contributed by atoms with E-state index in [1.807, 2.05) is 0 Å². The quantitative estimate of drug-likeness (QED) is 0.513. The van der Waals surface area contributed by atoms with Crippen molar-refractivity contribution < 1.29 is 31.4 Å². The van der Waals surface area contributed by atoms with Gasteiger partial charge >= 0.3 is 5.51 Å². The molecule has 1 N–H and O–H groups in total. The number of hydrogen-bond donors (Lipinski definition) is 1. The van der Waals surface area contributed by atoms with E-state index in [2.05, 4.69) is 4.98 Å². The average molecular weight is 449 g/mol. The standard InChI is InChI=1S/C21H21F6NOS/c1-13-4-6-16(30-21(25,26)27)7-8-17(13)15-5-9-18(28-11-15)20(24,12-22)19(3,29)10-14(2)23/h4-11,16,29H,12H2,1-3H3/b14-10-. The van der Waals surface area contributed by atoms with E-state index in [9.17, 15) is 27.1 Å². The molecule has 0 amide bonds. The molecule has 2 nitrogen and oxygen atoms in total. The normalized spacial score (nSPS) is 21.9. The van der Waals surface area contributed by atoms with Crippen LogP contribution in [0.2, 0.25) is 0 Å². The minimum atomic E-state index is -4.39. The molecule has 164 valence electrons. The van der Waals surface area contributed by atoms with Gasteiger partial charge in [0.25, 0.3) is 0 Å². The molecule has 0 bridgehead atoms. The number of aliphatic hydroxyl groups is 1. The van der Waals surface area contributed by atoms with Crippen LogP contribution in [0.25, 0.3) is 5.57 Å². The Morgan fingerprint density at radius 2 is 1.83 bits per heavy atom. The van der Waals surface area contributed by atoms with Gasteiger partial charge in [-0.3, -0.25) is 4.98 Å². The Morgan fingerprint density at radius 1 is 1.20 bits per heavy atom. The zero-order chi connectivity index (χ0) is 22.7. The SMILES string of the molecule is CC1=C(c2ccc(C(F)(CF)C(C)(O)/C=C(/C)F)nc2)C=CC(SC(F)(F)F)C=C1. The average Bonchev–Trinajstić information content (AvgIpc) is 2.80. The highest BCUT2D eigenvalue weighted by Crippen LogP contribution is 2.40. The summed E-state index contributed by atoms with van der Waals surface area (Å²) in [5, 5.41) is 9.38. The molecule has 1 aromatic rings. The smallest absolute Gasteiger partial charge is 0.382 e. The third kappa shape index (κ3) is 5.57. The number of pyridine rings is 1.